The summed E-state index contributed by atoms with van der Waals surface area (Å²) >= 11 is 0. The summed E-state index contributed by atoms with van der Waals surface area (Å²) in [5.74, 6) is -0.0827. The monoisotopic (exact) mass is 340 g/mol. The molecule has 0 bridgehead atoms. The van der Waals surface area contributed by atoms with Gasteiger partial charge in [0.25, 0.3) is 0 Å². The van der Waals surface area contributed by atoms with E-state index in [1.165, 1.54) is 0 Å². The summed E-state index contributed by atoms with van der Waals surface area (Å²) in [6.07, 6.45) is 12.7. The van der Waals surface area contributed by atoms with Crippen LogP contribution in [0.5, 0.6) is 0 Å². The number of rotatable bonds is 13. The van der Waals surface area contributed by atoms with E-state index < -0.39 is 12.2 Å². The highest BCUT2D eigenvalue weighted by atomic mass is 16.3. The van der Waals surface area contributed by atoms with Gasteiger partial charge in [-0.2, -0.15) is 0 Å². The molecule has 2 unspecified atom stereocenters. The highest BCUT2D eigenvalue weighted by molar-refractivity contribution is 5.84. The van der Waals surface area contributed by atoms with Crippen LogP contribution in [0.4, 0.5) is 0 Å². The van der Waals surface area contributed by atoms with Gasteiger partial charge in [0, 0.05) is 24.9 Å². The van der Waals surface area contributed by atoms with Crippen molar-refractivity contribution in [2.75, 3.05) is 6.61 Å². The topological polar surface area (TPSA) is 77.8 Å². The maximum Gasteiger partial charge on any atom is 0.139 e. The van der Waals surface area contributed by atoms with Crippen LogP contribution >= 0.6 is 0 Å². The molecule has 1 fully saturated rings. The fourth-order valence-corrected chi connectivity index (χ4v) is 3.55. The van der Waals surface area contributed by atoms with E-state index in [-0.39, 0.29) is 30.6 Å². The second kappa shape index (κ2) is 12.6. The van der Waals surface area contributed by atoms with E-state index in [0.29, 0.717) is 0 Å². The van der Waals surface area contributed by atoms with Crippen LogP contribution in [0, 0.1) is 11.8 Å². The first kappa shape index (κ1) is 21.3. The molecule has 1 aliphatic rings. The van der Waals surface area contributed by atoms with E-state index in [9.17, 15) is 15.0 Å². The summed E-state index contributed by atoms with van der Waals surface area (Å²) in [5.41, 5.74) is 0. The number of unbranched alkanes of at least 4 members (excludes halogenated alkanes) is 6. The summed E-state index contributed by atoms with van der Waals surface area (Å²) < 4.78 is 0. The molecule has 4 heteroatoms. The maximum atomic E-state index is 12.1. The zero-order valence-electron chi connectivity index (χ0n) is 15.2. The summed E-state index contributed by atoms with van der Waals surface area (Å²) in [6, 6.07) is 0. The van der Waals surface area contributed by atoms with Crippen LogP contribution in [0.2, 0.25) is 0 Å². The van der Waals surface area contributed by atoms with Gasteiger partial charge in [0.1, 0.15) is 5.78 Å². The Morgan fingerprint density at radius 3 is 2.54 bits per heavy atom. The number of carbonyl (C=O) groups is 1. The SMILES string of the molecule is CCCCCC(O)/C=C/[C@H]1C(O)CC(=O)[C@@H]1CCCCCCCO. The van der Waals surface area contributed by atoms with Crippen molar-refractivity contribution < 1.29 is 20.1 Å². The van der Waals surface area contributed by atoms with Crippen LogP contribution < -0.4 is 0 Å². The number of ketones is 1. The fourth-order valence-electron chi connectivity index (χ4n) is 3.55. The first-order chi connectivity index (χ1) is 11.6. The maximum absolute atomic E-state index is 12.1. The lowest BCUT2D eigenvalue weighted by atomic mass is 9.88. The normalized spacial score (nSPS) is 25.7. The first-order valence-electron chi connectivity index (χ1n) is 9.78. The molecule has 0 amide bonds. The first-order valence-corrected chi connectivity index (χ1v) is 9.78. The van der Waals surface area contributed by atoms with Crippen LogP contribution in [0.3, 0.4) is 0 Å². The van der Waals surface area contributed by atoms with Gasteiger partial charge >= 0.3 is 0 Å². The zero-order chi connectivity index (χ0) is 17.8. The largest absolute Gasteiger partial charge is 0.396 e. The van der Waals surface area contributed by atoms with Crippen molar-refractivity contribution >= 4 is 5.78 Å². The van der Waals surface area contributed by atoms with Gasteiger partial charge in [0.2, 0.25) is 0 Å². The van der Waals surface area contributed by atoms with Crippen LogP contribution in [0.1, 0.15) is 77.6 Å². The van der Waals surface area contributed by atoms with Crippen LogP contribution in [0.25, 0.3) is 0 Å². The second-order valence-corrected chi connectivity index (χ2v) is 7.15. The van der Waals surface area contributed by atoms with Gasteiger partial charge in [-0.25, -0.2) is 0 Å². The number of Topliss-reactive ketones (excluding diaryl/α,β-unsaturated/α-hetero) is 1. The molecular formula is C20H36O4. The Balaban J connectivity index is 2.40. The van der Waals surface area contributed by atoms with Crippen molar-refractivity contribution in [2.45, 2.75) is 89.8 Å². The Hall–Kier alpha value is -0.710. The molecule has 1 rings (SSSR count). The highest BCUT2D eigenvalue weighted by Gasteiger charge is 2.39. The molecule has 0 radical (unpaired) electrons. The van der Waals surface area contributed by atoms with Crippen molar-refractivity contribution in [3.05, 3.63) is 12.2 Å². The average Bonchev–Trinajstić information content (AvgIpc) is 2.82. The van der Waals surface area contributed by atoms with E-state index in [0.717, 1.165) is 64.2 Å². The number of aliphatic hydroxyl groups is 3. The Morgan fingerprint density at radius 2 is 1.83 bits per heavy atom. The van der Waals surface area contributed by atoms with Crippen molar-refractivity contribution in [3.8, 4) is 0 Å². The van der Waals surface area contributed by atoms with Gasteiger partial charge < -0.3 is 15.3 Å². The van der Waals surface area contributed by atoms with Gasteiger partial charge in [-0.3, -0.25) is 4.79 Å². The predicted molar refractivity (Wildman–Crippen MR) is 96.7 cm³/mol. The molecule has 0 spiro atoms. The lowest BCUT2D eigenvalue weighted by Crippen LogP contribution is -2.19. The van der Waals surface area contributed by atoms with E-state index in [1.54, 1.807) is 6.08 Å². The molecule has 0 aromatic heterocycles. The minimum Gasteiger partial charge on any atom is -0.396 e. The third-order valence-electron chi connectivity index (χ3n) is 5.06. The molecule has 1 saturated carbocycles. The molecule has 3 N–H and O–H groups in total. The molecule has 1 aliphatic carbocycles. The van der Waals surface area contributed by atoms with Crippen LogP contribution in [0.15, 0.2) is 12.2 Å². The average molecular weight is 341 g/mol. The van der Waals surface area contributed by atoms with E-state index in [1.807, 2.05) is 6.08 Å². The Labute approximate surface area is 147 Å². The van der Waals surface area contributed by atoms with Gasteiger partial charge in [-0.05, 0) is 19.3 Å². The molecule has 140 valence electrons. The van der Waals surface area contributed by atoms with Crippen molar-refractivity contribution in [1.29, 1.82) is 0 Å². The molecular weight excluding hydrogens is 304 g/mol. The number of aliphatic hydroxyl groups excluding tert-OH is 3. The lowest BCUT2D eigenvalue weighted by Gasteiger charge is -2.18. The van der Waals surface area contributed by atoms with Gasteiger partial charge in [0.15, 0.2) is 0 Å². The molecule has 0 aliphatic heterocycles. The summed E-state index contributed by atoms with van der Waals surface area (Å²) in [6.45, 7) is 2.39. The Kier molecular flexibility index (Phi) is 11.2. The molecule has 0 saturated heterocycles. The highest BCUT2D eigenvalue weighted by Crippen LogP contribution is 2.34. The predicted octanol–water partition coefficient (Wildman–Crippen LogP) is 3.38. The molecule has 24 heavy (non-hydrogen) atoms. The minimum absolute atomic E-state index is 0.100. The van der Waals surface area contributed by atoms with Crippen molar-refractivity contribution in [2.24, 2.45) is 11.8 Å². The molecule has 0 aromatic rings. The summed E-state index contributed by atoms with van der Waals surface area (Å²) in [7, 11) is 0. The minimum atomic E-state index is -0.601. The third kappa shape index (κ3) is 7.91. The molecule has 4 atom stereocenters. The molecule has 0 aromatic carbocycles. The van der Waals surface area contributed by atoms with Gasteiger partial charge in [-0.15, -0.1) is 0 Å². The van der Waals surface area contributed by atoms with E-state index in [2.05, 4.69) is 6.92 Å². The number of hydrogen-bond acceptors (Lipinski definition) is 4. The molecule has 0 heterocycles. The van der Waals surface area contributed by atoms with E-state index in [4.69, 9.17) is 5.11 Å². The standard InChI is InChI=1S/C20H36O4/c1-2-3-7-10-16(22)12-13-18-17(19(23)15-20(18)24)11-8-5-4-6-9-14-21/h12-13,16-18,20-22,24H,2-11,14-15H2,1H3/b13-12+/t16?,17-,18-,20?/m1/s1. The van der Waals surface area contributed by atoms with Crippen LogP contribution in [-0.4, -0.2) is 39.9 Å². The Bertz CT molecular complexity index is 367. The Morgan fingerprint density at radius 1 is 1.12 bits per heavy atom. The number of carbonyl (C=O) groups excluding carboxylic acids is 1. The smallest absolute Gasteiger partial charge is 0.139 e. The third-order valence-corrected chi connectivity index (χ3v) is 5.06. The van der Waals surface area contributed by atoms with Crippen molar-refractivity contribution in [3.63, 3.8) is 0 Å². The van der Waals surface area contributed by atoms with Gasteiger partial charge in [0.05, 0.1) is 12.2 Å². The fraction of sp³-hybridized carbons (Fsp3) is 0.850. The summed E-state index contributed by atoms with van der Waals surface area (Å²) in [5, 5.41) is 28.9. The number of hydrogen-bond donors (Lipinski definition) is 3. The van der Waals surface area contributed by atoms with Gasteiger partial charge in [-0.1, -0.05) is 64.0 Å². The molecule has 4 nitrogen and oxygen atoms in total. The zero-order valence-corrected chi connectivity index (χ0v) is 15.2. The van der Waals surface area contributed by atoms with Crippen LogP contribution in [-0.2, 0) is 4.79 Å². The van der Waals surface area contributed by atoms with E-state index >= 15 is 0 Å². The van der Waals surface area contributed by atoms with Crippen molar-refractivity contribution in [1.82, 2.24) is 0 Å². The summed E-state index contributed by atoms with van der Waals surface area (Å²) in [4.78, 5) is 12.1. The lowest BCUT2D eigenvalue weighted by molar-refractivity contribution is -0.121. The quantitative estimate of drug-likeness (QED) is 0.355. The second-order valence-electron chi connectivity index (χ2n) is 7.15.